The monoisotopic (exact) mass is 445 g/mol. The summed E-state index contributed by atoms with van der Waals surface area (Å²) in [6, 6.07) is 16.4. The van der Waals surface area contributed by atoms with Crippen molar-refractivity contribution in [3.05, 3.63) is 72.1 Å². The third-order valence-electron chi connectivity index (χ3n) is 5.72. The highest BCUT2D eigenvalue weighted by Gasteiger charge is 2.31. The van der Waals surface area contributed by atoms with E-state index in [4.69, 9.17) is 15.5 Å². The van der Waals surface area contributed by atoms with Gasteiger partial charge in [-0.15, -0.1) is 0 Å². The van der Waals surface area contributed by atoms with Crippen LogP contribution in [0.15, 0.2) is 60.8 Å². The smallest absolute Gasteiger partial charge is 0.260 e. The summed E-state index contributed by atoms with van der Waals surface area (Å²) >= 11 is 0. The molecule has 0 aliphatic carbocycles. The van der Waals surface area contributed by atoms with E-state index in [2.05, 4.69) is 4.98 Å². The minimum atomic E-state index is -0.469. The van der Waals surface area contributed by atoms with Crippen molar-refractivity contribution in [2.45, 2.75) is 12.3 Å². The molecule has 1 saturated heterocycles. The first-order valence-electron chi connectivity index (χ1n) is 10.8. The number of aromatic nitrogens is 2. The molecule has 1 unspecified atom stereocenters. The van der Waals surface area contributed by atoms with Crippen LogP contribution in [0.4, 0.5) is 5.95 Å². The van der Waals surface area contributed by atoms with Crippen molar-refractivity contribution in [2.24, 2.45) is 5.73 Å². The topological polar surface area (TPSA) is 102 Å². The van der Waals surface area contributed by atoms with E-state index in [1.54, 1.807) is 18.3 Å². The second-order valence-electron chi connectivity index (χ2n) is 8.23. The van der Waals surface area contributed by atoms with E-state index in [0.29, 0.717) is 30.4 Å². The van der Waals surface area contributed by atoms with Gasteiger partial charge in [0.25, 0.3) is 5.91 Å². The Labute approximate surface area is 193 Å². The van der Waals surface area contributed by atoms with Crippen LogP contribution in [0, 0.1) is 0 Å². The Balaban J connectivity index is 1.54. The summed E-state index contributed by atoms with van der Waals surface area (Å²) in [6.45, 7) is 1.21. The SMILES string of the molecule is CN(C)c1ncc(-c2ccc(C(N)=O)cc2)c(C2CCN(C(=O)COc3ccccc3)C2)n1. The molecule has 33 heavy (non-hydrogen) atoms. The maximum atomic E-state index is 12.7. The van der Waals surface area contributed by atoms with Crippen LogP contribution in [0.1, 0.15) is 28.4 Å². The quantitative estimate of drug-likeness (QED) is 0.600. The van der Waals surface area contributed by atoms with Crippen molar-refractivity contribution in [3.8, 4) is 16.9 Å². The van der Waals surface area contributed by atoms with Gasteiger partial charge in [-0.2, -0.15) is 0 Å². The van der Waals surface area contributed by atoms with Crippen LogP contribution in [-0.2, 0) is 4.79 Å². The van der Waals surface area contributed by atoms with E-state index in [-0.39, 0.29) is 18.4 Å². The Morgan fingerprint density at radius 2 is 1.85 bits per heavy atom. The lowest BCUT2D eigenvalue weighted by atomic mass is 9.95. The molecule has 0 spiro atoms. The molecule has 1 fully saturated rings. The van der Waals surface area contributed by atoms with Crippen LogP contribution in [-0.4, -0.2) is 60.5 Å². The van der Waals surface area contributed by atoms with Crippen LogP contribution in [0.2, 0.25) is 0 Å². The van der Waals surface area contributed by atoms with Gasteiger partial charge in [0, 0.05) is 50.4 Å². The summed E-state index contributed by atoms with van der Waals surface area (Å²) in [6.07, 6.45) is 2.60. The average Bonchev–Trinajstić information content (AvgIpc) is 3.33. The van der Waals surface area contributed by atoms with Crippen LogP contribution in [0.3, 0.4) is 0 Å². The fourth-order valence-electron chi connectivity index (χ4n) is 3.91. The van der Waals surface area contributed by atoms with E-state index < -0.39 is 5.91 Å². The zero-order valence-corrected chi connectivity index (χ0v) is 18.8. The van der Waals surface area contributed by atoms with Crippen molar-refractivity contribution in [3.63, 3.8) is 0 Å². The van der Waals surface area contributed by atoms with E-state index >= 15 is 0 Å². The van der Waals surface area contributed by atoms with Gasteiger partial charge < -0.3 is 20.3 Å². The first kappa shape index (κ1) is 22.3. The number of likely N-dealkylation sites (tertiary alicyclic amines) is 1. The first-order chi connectivity index (χ1) is 15.9. The van der Waals surface area contributed by atoms with Gasteiger partial charge in [0.1, 0.15) is 5.75 Å². The average molecular weight is 446 g/mol. The number of para-hydroxylation sites is 1. The zero-order valence-electron chi connectivity index (χ0n) is 18.8. The normalized spacial score (nSPS) is 15.3. The molecule has 8 nitrogen and oxygen atoms in total. The summed E-state index contributed by atoms with van der Waals surface area (Å²) < 4.78 is 5.63. The predicted octanol–water partition coefficient (Wildman–Crippen LogP) is 2.70. The Bertz CT molecular complexity index is 1130. The van der Waals surface area contributed by atoms with Crippen LogP contribution < -0.4 is 15.4 Å². The molecule has 0 bridgehead atoms. The van der Waals surface area contributed by atoms with Crippen molar-refractivity contribution >= 4 is 17.8 Å². The maximum absolute atomic E-state index is 12.7. The lowest BCUT2D eigenvalue weighted by Crippen LogP contribution is -2.33. The number of hydrogen-bond donors (Lipinski definition) is 1. The molecule has 0 radical (unpaired) electrons. The molecular formula is C25H27N5O3. The minimum absolute atomic E-state index is 0.00485. The van der Waals surface area contributed by atoms with Gasteiger partial charge in [0.2, 0.25) is 11.9 Å². The molecule has 0 saturated carbocycles. The number of nitrogens with zero attached hydrogens (tertiary/aromatic N) is 4. The minimum Gasteiger partial charge on any atom is -0.484 e. The van der Waals surface area contributed by atoms with Crippen molar-refractivity contribution in [1.82, 2.24) is 14.9 Å². The molecule has 2 aromatic carbocycles. The standard InChI is InChI=1S/C25H27N5O3/c1-29(2)25-27-14-21(17-8-10-18(11-9-17)24(26)32)23(28-25)19-12-13-30(15-19)22(31)16-33-20-6-4-3-5-7-20/h3-11,14,19H,12-13,15-16H2,1-2H3,(H2,26,32). The summed E-state index contributed by atoms with van der Waals surface area (Å²) in [7, 11) is 3.79. The molecule has 1 aromatic heterocycles. The van der Waals surface area contributed by atoms with Gasteiger partial charge in [-0.1, -0.05) is 30.3 Å². The summed E-state index contributed by atoms with van der Waals surface area (Å²) in [5, 5.41) is 0. The highest BCUT2D eigenvalue weighted by atomic mass is 16.5. The fourth-order valence-corrected chi connectivity index (χ4v) is 3.91. The van der Waals surface area contributed by atoms with Gasteiger partial charge >= 0.3 is 0 Å². The molecule has 2 heterocycles. The van der Waals surface area contributed by atoms with E-state index in [1.807, 2.05) is 66.4 Å². The van der Waals surface area contributed by atoms with Crippen molar-refractivity contribution < 1.29 is 14.3 Å². The van der Waals surface area contributed by atoms with E-state index in [9.17, 15) is 9.59 Å². The van der Waals surface area contributed by atoms with Gasteiger partial charge in [-0.3, -0.25) is 9.59 Å². The largest absolute Gasteiger partial charge is 0.484 e. The lowest BCUT2D eigenvalue weighted by Gasteiger charge is -2.20. The van der Waals surface area contributed by atoms with Gasteiger partial charge in [0.15, 0.2) is 6.61 Å². The number of benzene rings is 2. The highest BCUT2D eigenvalue weighted by molar-refractivity contribution is 5.93. The van der Waals surface area contributed by atoms with Crippen LogP contribution >= 0.6 is 0 Å². The summed E-state index contributed by atoms with van der Waals surface area (Å²) in [4.78, 5) is 37.2. The maximum Gasteiger partial charge on any atom is 0.260 e. The first-order valence-corrected chi connectivity index (χ1v) is 10.8. The molecule has 3 aromatic rings. The van der Waals surface area contributed by atoms with Gasteiger partial charge in [0.05, 0.1) is 5.69 Å². The molecule has 170 valence electrons. The van der Waals surface area contributed by atoms with Crippen LogP contribution in [0.5, 0.6) is 5.75 Å². The fraction of sp³-hybridized carbons (Fsp3) is 0.280. The highest BCUT2D eigenvalue weighted by Crippen LogP contribution is 2.34. The zero-order chi connectivity index (χ0) is 23.4. The number of anilines is 1. The molecule has 1 atom stereocenters. The number of rotatable bonds is 7. The molecule has 2 N–H and O–H groups in total. The second-order valence-corrected chi connectivity index (χ2v) is 8.23. The predicted molar refractivity (Wildman–Crippen MR) is 126 cm³/mol. The number of hydrogen-bond acceptors (Lipinski definition) is 6. The number of ether oxygens (including phenoxy) is 1. The molecular weight excluding hydrogens is 418 g/mol. The third-order valence-corrected chi connectivity index (χ3v) is 5.72. The van der Waals surface area contributed by atoms with Gasteiger partial charge in [-0.25, -0.2) is 9.97 Å². The van der Waals surface area contributed by atoms with Crippen molar-refractivity contribution in [1.29, 1.82) is 0 Å². The Hall–Kier alpha value is -3.94. The number of carbonyl (C=O) groups is 2. The molecule has 1 aliphatic rings. The van der Waals surface area contributed by atoms with E-state index in [1.165, 1.54) is 0 Å². The number of primary amides is 1. The van der Waals surface area contributed by atoms with Gasteiger partial charge in [-0.05, 0) is 36.2 Å². The lowest BCUT2D eigenvalue weighted by molar-refractivity contribution is -0.132. The molecule has 2 amide bonds. The number of nitrogens with two attached hydrogens (primary N) is 1. The third kappa shape index (κ3) is 5.11. The molecule has 8 heteroatoms. The molecule has 4 rings (SSSR count). The van der Waals surface area contributed by atoms with Crippen molar-refractivity contribution in [2.75, 3.05) is 38.7 Å². The Morgan fingerprint density at radius 3 is 2.52 bits per heavy atom. The number of amides is 2. The second kappa shape index (κ2) is 9.68. The molecule has 1 aliphatic heterocycles. The van der Waals surface area contributed by atoms with Crippen LogP contribution in [0.25, 0.3) is 11.1 Å². The summed E-state index contributed by atoms with van der Waals surface area (Å²) in [5.41, 5.74) is 8.49. The van der Waals surface area contributed by atoms with E-state index in [0.717, 1.165) is 23.2 Å². The Morgan fingerprint density at radius 1 is 1.12 bits per heavy atom. The number of carbonyl (C=O) groups excluding carboxylic acids is 2. The summed E-state index contributed by atoms with van der Waals surface area (Å²) in [5.74, 6) is 0.840. The Kier molecular flexibility index (Phi) is 6.53.